The minimum Gasteiger partial charge on any atom is -0.504 e. The lowest BCUT2D eigenvalue weighted by Gasteiger charge is -2.12. The van der Waals surface area contributed by atoms with Gasteiger partial charge in [-0.05, 0) is 12.1 Å². The van der Waals surface area contributed by atoms with E-state index < -0.39 is 29.2 Å². The third-order valence-electron chi connectivity index (χ3n) is 1.85. The molecule has 0 heterocycles. The van der Waals surface area contributed by atoms with Crippen molar-refractivity contribution in [2.75, 3.05) is 0 Å². The summed E-state index contributed by atoms with van der Waals surface area (Å²) in [7, 11) is 0. The first-order valence-electron chi connectivity index (χ1n) is 3.88. The quantitative estimate of drug-likeness (QED) is 0.130. The van der Waals surface area contributed by atoms with Crippen LogP contribution in [0.25, 0.3) is 0 Å². The van der Waals surface area contributed by atoms with Gasteiger partial charge in [0.15, 0.2) is 17.3 Å². The van der Waals surface area contributed by atoms with Gasteiger partial charge >= 0.3 is 0 Å². The number of hydrogen-bond acceptors (Lipinski definition) is 6. The number of phenols is 3. The van der Waals surface area contributed by atoms with Crippen molar-refractivity contribution in [2.24, 2.45) is 10.9 Å². The zero-order chi connectivity index (χ0) is 11.6. The normalized spacial score (nSPS) is 13.8. The van der Waals surface area contributed by atoms with E-state index in [1.54, 1.807) is 0 Å². The molecule has 7 N–H and O–H groups in total. The van der Waals surface area contributed by atoms with E-state index in [4.69, 9.17) is 21.2 Å². The zero-order valence-corrected chi connectivity index (χ0v) is 7.49. The van der Waals surface area contributed by atoms with Crippen molar-refractivity contribution in [1.29, 1.82) is 0 Å². The monoisotopic (exact) mass is 214 g/mol. The van der Waals surface area contributed by atoms with Crippen LogP contribution in [0.5, 0.6) is 17.2 Å². The Labute approximate surface area is 84.3 Å². The summed E-state index contributed by atoms with van der Waals surface area (Å²) in [6, 6.07) is 2.19. The van der Waals surface area contributed by atoms with Crippen molar-refractivity contribution in [3.8, 4) is 17.2 Å². The van der Waals surface area contributed by atoms with Crippen LogP contribution in [0.2, 0.25) is 0 Å². The highest BCUT2D eigenvalue weighted by molar-refractivity contribution is 5.86. The van der Waals surface area contributed by atoms with E-state index in [1.165, 1.54) is 0 Å². The molecule has 0 fully saturated rings. The number of rotatable bonds is 2. The molecule has 1 aromatic carbocycles. The van der Waals surface area contributed by atoms with E-state index in [0.29, 0.717) is 0 Å². The topological polar surface area (TPSA) is 140 Å². The molecule has 0 aliphatic rings. The molecule has 0 aliphatic carbocycles. The molecule has 1 aromatic rings. The number of amidine groups is 1. The molecule has 1 unspecified atom stereocenters. The molecule has 0 saturated heterocycles. The van der Waals surface area contributed by atoms with Crippen molar-refractivity contribution in [3.05, 3.63) is 17.7 Å². The van der Waals surface area contributed by atoms with Gasteiger partial charge in [0.25, 0.3) is 0 Å². The van der Waals surface area contributed by atoms with Crippen molar-refractivity contribution in [2.45, 2.75) is 6.10 Å². The average molecular weight is 214 g/mol. The lowest BCUT2D eigenvalue weighted by atomic mass is 10.1. The summed E-state index contributed by atoms with van der Waals surface area (Å²) in [6.45, 7) is 0. The van der Waals surface area contributed by atoms with Crippen LogP contribution in [-0.4, -0.2) is 31.5 Å². The summed E-state index contributed by atoms with van der Waals surface area (Å²) in [5, 5.41) is 47.7. The van der Waals surface area contributed by atoms with Gasteiger partial charge < -0.3 is 31.4 Å². The smallest absolute Gasteiger partial charge is 0.200 e. The zero-order valence-electron chi connectivity index (χ0n) is 7.49. The van der Waals surface area contributed by atoms with Crippen molar-refractivity contribution in [3.63, 3.8) is 0 Å². The highest BCUT2D eigenvalue weighted by Crippen LogP contribution is 2.39. The van der Waals surface area contributed by atoms with Gasteiger partial charge in [-0.3, -0.25) is 0 Å². The van der Waals surface area contributed by atoms with E-state index in [1.807, 2.05) is 0 Å². The number of aliphatic hydroxyl groups is 1. The van der Waals surface area contributed by atoms with E-state index in [2.05, 4.69) is 5.16 Å². The van der Waals surface area contributed by atoms with Gasteiger partial charge in [0.05, 0.1) is 0 Å². The summed E-state index contributed by atoms with van der Waals surface area (Å²) in [6.07, 6.45) is -1.57. The fourth-order valence-corrected chi connectivity index (χ4v) is 1.02. The highest BCUT2D eigenvalue weighted by Gasteiger charge is 2.20. The van der Waals surface area contributed by atoms with Gasteiger partial charge in [-0.25, -0.2) is 0 Å². The number of aliphatic hydroxyl groups excluding tert-OH is 1. The van der Waals surface area contributed by atoms with Gasteiger partial charge in [-0.1, -0.05) is 5.16 Å². The first-order chi connectivity index (χ1) is 6.99. The SMILES string of the molecule is NC(=NO)C(O)c1ccc(O)c(O)c1O. The molecule has 1 rings (SSSR count). The summed E-state index contributed by atoms with van der Waals surface area (Å²) < 4.78 is 0. The van der Waals surface area contributed by atoms with Crippen LogP contribution in [0, 0.1) is 0 Å². The Hall–Kier alpha value is -2.15. The predicted molar refractivity (Wildman–Crippen MR) is 49.8 cm³/mol. The fourth-order valence-electron chi connectivity index (χ4n) is 1.02. The van der Waals surface area contributed by atoms with Crippen LogP contribution < -0.4 is 5.73 Å². The summed E-state index contributed by atoms with van der Waals surface area (Å²) in [5.41, 5.74) is 4.92. The molecule has 7 nitrogen and oxygen atoms in total. The third-order valence-corrected chi connectivity index (χ3v) is 1.85. The first-order valence-corrected chi connectivity index (χ1v) is 3.88. The highest BCUT2D eigenvalue weighted by atomic mass is 16.4. The number of benzene rings is 1. The second-order valence-corrected chi connectivity index (χ2v) is 2.80. The van der Waals surface area contributed by atoms with Crippen LogP contribution in [0.4, 0.5) is 0 Å². The van der Waals surface area contributed by atoms with Gasteiger partial charge in [0.1, 0.15) is 6.10 Å². The van der Waals surface area contributed by atoms with Crippen LogP contribution in [0.3, 0.4) is 0 Å². The number of hydrogen-bond donors (Lipinski definition) is 6. The molecule has 0 aromatic heterocycles. The maximum Gasteiger partial charge on any atom is 0.200 e. The van der Waals surface area contributed by atoms with E-state index in [-0.39, 0.29) is 5.56 Å². The van der Waals surface area contributed by atoms with Crippen LogP contribution >= 0.6 is 0 Å². The Morgan fingerprint density at radius 3 is 2.33 bits per heavy atom. The molecule has 0 saturated carbocycles. The third kappa shape index (κ3) is 1.86. The second kappa shape index (κ2) is 3.93. The fraction of sp³-hybridized carbons (Fsp3) is 0.125. The lowest BCUT2D eigenvalue weighted by Crippen LogP contribution is -2.21. The van der Waals surface area contributed by atoms with Gasteiger partial charge in [-0.2, -0.15) is 0 Å². The van der Waals surface area contributed by atoms with E-state index in [0.717, 1.165) is 12.1 Å². The van der Waals surface area contributed by atoms with Crippen LogP contribution in [0.15, 0.2) is 17.3 Å². The number of phenolic OH excluding ortho intramolecular Hbond substituents is 3. The largest absolute Gasteiger partial charge is 0.504 e. The van der Waals surface area contributed by atoms with Crippen LogP contribution in [-0.2, 0) is 0 Å². The minimum atomic E-state index is -1.57. The predicted octanol–water partition coefficient (Wildman–Crippen LogP) is -0.417. The molecule has 0 spiro atoms. The lowest BCUT2D eigenvalue weighted by molar-refractivity contribution is 0.227. The second-order valence-electron chi connectivity index (χ2n) is 2.80. The van der Waals surface area contributed by atoms with E-state index >= 15 is 0 Å². The van der Waals surface area contributed by atoms with Gasteiger partial charge in [-0.15, -0.1) is 0 Å². The van der Waals surface area contributed by atoms with Crippen molar-refractivity contribution >= 4 is 5.84 Å². The Morgan fingerprint density at radius 2 is 1.80 bits per heavy atom. The number of aromatic hydroxyl groups is 3. The standard InChI is InChI=1S/C8H10N2O5/c9-8(10-15)6(13)3-1-2-4(11)7(14)5(3)12/h1-2,6,11-15H,(H2,9,10). The number of nitrogens with zero attached hydrogens (tertiary/aromatic N) is 1. The Bertz CT molecular complexity index is 404. The molecule has 82 valence electrons. The average Bonchev–Trinajstić information content (AvgIpc) is 2.24. The summed E-state index contributed by atoms with van der Waals surface area (Å²) >= 11 is 0. The summed E-state index contributed by atoms with van der Waals surface area (Å²) in [5.74, 6) is -2.59. The molecular formula is C8H10N2O5. The van der Waals surface area contributed by atoms with Crippen molar-refractivity contribution in [1.82, 2.24) is 0 Å². The molecular weight excluding hydrogens is 204 g/mol. The van der Waals surface area contributed by atoms with Crippen molar-refractivity contribution < 1.29 is 25.6 Å². The Kier molecular flexibility index (Phi) is 2.86. The first kappa shape index (κ1) is 10.9. The van der Waals surface area contributed by atoms with Crippen LogP contribution in [0.1, 0.15) is 11.7 Å². The molecule has 7 heteroatoms. The maximum absolute atomic E-state index is 9.42. The molecule has 0 bridgehead atoms. The molecule has 0 aliphatic heterocycles. The summed E-state index contributed by atoms with van der Waals surface area (Å²) in [4.78, 5) is 0. The molecule has 0 radical (unpaired) electrons. The Morgan fingerprint density at radius 1 is 1.20 bits per heavy atom. The minimum absolute atomic E-state index is 0.180. The molecule has 0 amide bonds. The maximum atomic E-state index is 9.42. The van der Waals surface area contributed by atoms with E-state index in [9.17, 15) is 10.2 Å². The van der Waals surface area contributed by atoms with Gasteiger partial charge in [0.2, 0.25) is 5.75 Å². The molecule has 1 atom stereocenters. The number of oxime groups is 1. The van der Waals surface area contributed by atoms with Gasteiger partial charge in [0, 0.05) is 5.56 Å². The Balaban J connectivity index is 3.22. The number of nitrogens with two attached hydrogens (primary N) is 1. The molecule has 15 heavy (non-hydrogen) atoms.